The van der Waals surface area contributed by atoms with Crippen LogP contribution in [0, 0.1) is 5.92 Å². The number of methoxy groups -OCH3 is 1. The topological polar surface area (TPSA) is 80.9 Å². The minimum atomic E-state index is -0.0301. The minimum absolute atomic E-state index is 0.0301. The van der Waals surface area contributed by atoms with E-state index in [1.54, 1.807) is 7.11 Å². The number of hydrazine groups is 1. The van der Waals surface area contributed by atoms with E-state index in [0.29, 0.717) is 36.8 Å². The molecule has 2 heterocycles. The number of benzene rings is 2. The van der Waals surface area contributed by atoms with Crippen molar-refractivity contribution in [3.63, 3.8) is 0 Å². The summed E-state index contributed by atoms with van der Waals surface area (Å²) >= 11 is 0. The van der Waals surface area contributed by atoms with Crippen LogP contribution in [0.4, 0.5) is 5.69 Å². The molecule has 2 aliphatic heterocycles. The number of hydrogen-bond acceptors (Lipinski definition) is 6. The van der Waals surface area contributed by atoms with Gasteiger partial charge in [-0.05, 0) is 36.8 Å². The highest BCUT2D eigenvalue weighted by atomic mass is 16.6. The van der Waals surface area contributed by atoms with Crippen LogP contribution < -0.4 is 30.4 Å². The highest BCUT2D eigenvalue weighted by molar-refractivity contribution is 5.91. The minimum Gasteiger partial charge on any atom is -0.497 e. The number of carbonyl (C=O) groups is 1. The van der Waals surface area contributed by atoms with Gasteiger partial charge in [-0.15, -0.1) is 0 Å². The third-order valence-electron chi connectivity index (χ3n) is 5.26. The molecule has 7 heteroatoms. The molecule has 0 aliphatic carbocycles. The van der Waals surface area contributed by atoms with E-state index in [4.69, 9.17) is 14.2 Å². The maximum absolute atomic E-state index is 12.7. The SMILES string of the molecule is COc1ccc(C2NNC(C)C2CC(=O)Nc2ccc3c(c2)OCCO3)cc1. The van der Waals surface area contributed by atoms with Gasteiger partial charge in [0.05, 0.1) is 13.2 Å². The Labute approximate surface area is 164 Å². The summed E-state index contributed by atoms with van der Waals surface area (Å²) in [5.74, 6) is 2.28. The molecular formula is C21H25N3O4. The molecule has 2 aromatic carbocycles. The lowest BCUT2D eigenvalue weighted by atomic mass is 9.87. The van der Waals surface area contributed by atoms with Crippen LogP contribution in [0.15, 0.2) is 42.5 Å². The molecule has 0 aromatic heterocycles. The Morgan fingerprint density at radius 1 is 1.11 bits per heavy atom. The molecule has 0 spiro atoms. The van der Waals surface area contributed by atoms with E-state index >= 15 is 0 Å². The average molecular weight is 383 g/mol. The second-order valence-electron chi connectivity index (χ2n) is 7.10. The maximum atomic E-state index is 12.7. The molecule has 148 valence electrons. The van der Waals surface area contributed by atoms with Crippen molar-refractivity contribution in [3.05, 3.63) is 48.0 Å². The van der Waals surface area contributed by atoms with Crippen molar-refractivity contribution in [2.75, 3.05) is 25.6 Å². The lowest BCUT2D eigenvalue weighted by Gasteiger charge is -2.22. The van der Waals surface area contributed by atoms with E-state index in [2.05, 4.69) is 23.1 Å². The predicted molar refractivity (Wildman–Crippen MR) is 106 cm³/mol. The molecule has 0 saturated carbocycles. The molecular weight excluding hydrogens is 358 g/mol. The summed E-state index contributed by atoms with van der Waals surface area (Å²) < 4.78 is 16.3. The summed E-state index contributed by atoms with van der Waals surface area (Å²) in [5.41, 5.74) is 8.40. The van der Waals surface area contributed by atoms with Crippen LogP contribution in [0.1, 0.15) is 24.9 Å². The molecule has 28 heavy (non-hydrogen) atoms. The Morgan fingerprint density at radius 3 is 2.61 bits per heavy atom. The summed E-state index contributed by atoms with van der Waals surface area (Å²) in [4.78, 5) is 12.7. The van der Waals surface area contributed by atoms with E-state index in [1.165, 1.54) is 0 Å². The first-order valence-corrected chi connectivity index (χ1v) is 9.48. The summed E-state index contributed by atoms with van der Waals surface area (Å²) in [5, 5.41) is 2.98. The summed E-state index contributed by atoms with van der Waals surface area (Å²) in [6.07, 6.45) is 0.395. The number of nitrogens with one attached hydrogen (secondary N) is 3. The fourth-order valence-electron chi connectivity index (χ4n) is 3.71. The molecule has 3 unspecified atom stereocenters. The third kappa shape index (κ3) is 3.90. The van der Waals surface area contributed by atoms with E-state index in [9.17, 15) is 4.79 Å². The Balaban J connectivity index is 1.43. The van der Waals surface area contributed by atoms with Crippen LogP contribution in [0.2, 0.25) is 0 Å². The van der Waals surface area contributed by atoms with Crippen LogP contribution in [0.5, 0.6) is 17.2 Å². The number of ether oxygens (including phenoxy) is 3. The van der Waals surface area contributed by atoms with Gasteiger partial charge in [0.1, 0.15) is 19.0 Å². The van der Waals surface area contributed by atoms with E-state index in [-0.39, 0.29) is 23.9 Å². The second-order valence-corrected chi connectivity index (χ2v) is 7.10. The number of fused-ring (bicyclic) bond motifs is 1. The van der Waals surface area contributed by atoms with Gasteiger partial charge in [-0.25, -0.2) is 5.43 Å². The number of anilines is 1. The Kier molecular flexibility index (Phi) is 5.36. The van der Waals surface area contributed by atoms with Gasteiger partial charge in [0, 0.05) is 30.1 Å². The fourth-order valence-corrected chi connectivity index (χ4v) is 3.71. The van der Waals surface area contributed by atoms with Gasteiger partial charge in [0.2, 0.25) is 5.91 Å². The summed E-state index contributed by atoms with van der Waals surface area (Å²) in [7, 11) is 1.65. The molecule has 1 amide bonds. The Bertz CT molecular complexity index is 840. The van der Waals surface area contributed by atoms with Crippen molar-refractivity contribution in [2.45, 2.75) is 25.4 Å². The molecule has 3 N–H and O–H groups in total. The lowest BCUT2D eigenvalue weighted by Crippen LogP contribution is -2.29. The van der Waals surface area contributed by atoms with Crippen LogP contribution in [0.25, 0.3) is 0 Å². The first-order valence-electron chi connectivity index (χ1n) is 9.48. The lowest BCUT2D eigenvalue weighted by molar-refractivity contribution is -0.117. The number of carbonyl (C=O) groups excluding carboxylic acids is 1. The second kappa shape index (κ2) is 8.08. The zero-order chi connectivity index (χ0) is 19.5. The van der Waals surface area contributed by atoms with Crippen LogP contribution >= 0.6 is 0 Å². The zero-order valence-electron chi connectivity index (χ0n) is 16.0. The monoisotopic (exact) mass is 383 g/mol. The molecule has 2 aromatic rings. The molecule has 0 bridgehead atoms. The Morgan fingerprint density at radius 2 is 1.86 bits per heavy atom. The zero-order valence-corrected chi connectivity index (χ0v) is 16.0. The molecule has 1 fully saturated rings. The number of hydrogen-bond donors (Lipinski definition) is 3. The van der Waals surface area contributed by atoms with Crippen LogP contribution in [-0.4, -0.2) is 32.3 Å². The number of amides is 1. The van der Waals surface area contributed by atoms with Crippen molar-refractivity contribution in [3.8, 4) is 17.2 Å². The van der Waals surface area contributed by atoms with E-state index in [0.717, 1.165) is 11.3 Å². The molecule has 2 aliphatic rings. The quantitative estimate of drug-likeness (QED) is 0.737. The summed E-state index contributed by atoms with van der Waals surface area (Å²) in [6, 6.07) is 13.6. The first-order chi connectivity index (χ1) is 13.6. The average Bonchev–Trinajstić information content (AvgIpc) is 3.08. The summed E-state index contributed by atoms with van der Waals surface area (Å²) in [6.45, 7) is 3.15. The van der Waals surface area contributed by atoms with Crippen molar-refractivity contribution < 1.29 is 19.0 Å². The molecule has 1 saturated heterocycles. The van der Waals surface area contributed by atoms with Gasteiger partial charge >= 0.3 is 0 Å². The van der Waals surface area contributed by atoms with Crippen molar-refractivity contribution >= 4 is 11.6 Å². The third-order valence-corrected chi connectivity index (χ3v) is 5.26. The molecule has 0 radical (unpaired) electrons. The smallest absolute Gasteiger partial charge is 0.224 e. The van der Waals surface area contributed by atoms with Gasteiger partial charge in [-0.1, -0.05) is 12.1 Å². The van der Waals surface area contributed by atoms with Crippen LogP contribution in [-0.2, 0) is 4.79 Å². The van der Waals surface area contributed by atoms with Crippen LogP contribution in [0.3, 0.4) is 0 Å². The predicted octanol–water partition coefficient (Wildman–Crippen LogP) is 2.65. The highest BCUT2D eigenvalue weighted by Gasteiger charge is 2.35. The Hall–Kier alpha value is -2.77. The van der Waals surface area contributed by atoms with Crippen molar-refractivity contribution in [1.82, 2.24) is 10.9 Å². The van der Waals surface area contributed by atoms with Gasteiger partial charge in [0.25, 0.3) is 0 Å². The highest BCUT2D eigenvalue weighted by Crippen LogP contribution is 2.34. The largest absolute Gasteiger partial charge is 0.497 e. The standard InChI is InChI=1S/C21H25N3O4/c1-13-17(21(24-23-13)14-3-6-16(26-2)7-4-14)12-20(25)22-15-5-8-18-19(11-15)28-10-9-27-18/h3-8,11,13,17,21,23-24H,9-10,12H2,1-2H3,(H,22,25). The molecule has 7 nitrogen and oxygen atoms in total. The maximum Gasteiger partial charge on any atom is 0.224 e. The normalized spacial score (nSPS) is 23.3. The van der Waals surface area contributed by atoms with E-state index < -0.39 is 0 Å². The molecule has 4 rings (SSSR count). The molecule has 3 atom stereocenters. The van der Waals surface area contributed by atoms with E-state index in [1.807, 2.05) is 42.5 Å². The fraction of sp³-hybridized carbons (Fsp3) is 0.381. The van der Waals surface area contributed by atoms with Gasteiger partial charge in [0.15, 0.2) is 11.5 Å². The first kappa shape index (κ1) is 18.6. The number of rotatable bonds is 5. The van der Waals surface area contributed by atoms with Crippen molar-refractivity contribution in [2.24, 2.45) is 5.92 Å². The van der Waals surface area contributed by atoms with Crippen molar-refractivity contribution in [1.29, 1.82) is 0 Å². The van der Waals surface area contributed by atoms with Gasteiger partial charge < -0.3 is 19.5 Å². The van der Waals surface area contributed by atoms with Gasteiger partial charge in [-0.3, -0.25) is 10.2 Å². The van der Waals surface area contributed by atoms with Gasteiger partial charge in [-0.2, -0.15) is 0 Å².